The number of carbonyl (C=O) groups excluding carboxylic acids is 1. The van der Waals surface area contributed by atoms with Crippen LogP contribution in [0.1, 0.15) is 0 Å². The first kappa shape index (κ1) is 9.38. The predicted molar refractivity (Wildman–Crippen MR) is 53.8 cm³/mol. The summed E-state index contributed by atoms with van der Waals surface area (Å²) in [5.74, 6) is 0.363. The Labute approximate surface area is 85.3 Å². The summed E-state index contributed by atoms with van der Waals surface area (Å²) in [5, 5.41) is 2.56. The molecule has 0 aliphatic carbocycles. The molecule has 0 atom stereocenters. The second-order valence-electron chi connectivity index (χ2n) is 2.94. The zero-order valence-corrected chi connectivity index (χ0v) is 7.92. The van der Waals surface area contributed by atoms with Crippen molar-refractivity contribution in [1.29, 1.82) is 0 Å². The molecule has 7 nitrogen and oxygen atoms in total. The van der Waals surface area contributed by atoms with Crippen molar-refractivity contribution in [2.75, 3.05) is 12.3 Å². The maximum Gasteiger partial charge on any atom is 0.207 e. The van der Waals surface area contributed by atoms with Gasteiger partial charge in [-0.3, -0.25) is 4.79 Å². The highest BCUT2D eigenvalue weighted by atomic mass is 16.1. The fourth-order valence-corrected chi connectivity index (χ4v) is 1.31. The van der Waals surface area contributed by atoms with Gasteiger partial charge >= 0.3 is 0 Å². The Hall–Kier alpha value is -2.18. The van der Waals surface area contributed by atoms with E-state index in [1.807, 2.05) is 4.57 Å². The van der Waals surface area contributed by atoms with Gasteiger partial charge in [-0.1, -0.05) is 0 Å². The molecule has 78 valence electrons. The number of carbonyl (C=O) groups is 1. The number of amides is 1. The fraction of sp³-hybridized carbons (Fsp3) is 0.250. The predicted octanol–water partition coefficient (Wildman–Crippen LogP) is -0.846. The van der Waals surface area contributed by atoms with Crippen LogP contribution in [0.5, 0.6) is 0 Å². The van der Waals surface area contributed by atoms with Gasteiger partial charge in [-0.05, 0) is 0 Å². The van der Waals surface area contributed by atoms with Crippen LogP contribution in [-0.2, 0) is 11.3 Å². The minimum atomic E-state index is 0.363. The highest BCUT2D eigenvalue weighted by Crippen LogP contribution is 2.13. The maximum atomic E-state index is 10.1. The summed E-state index contributed by atoms with van der Waals surface area (Å²) in [6.45, 7) is 1.13. The van der Waals surface area contributed by atoms with Crippen LogP contribution in [0.3, 0.4) is 0 Å². The summed E-state index contributed by atoms with van der Waals surface area (Å²) in [6.07, 6.45) is 3.67. The summed E-state index contributed by atoms with van der Waals surface area (Å²) >= 11 is 0. The molecule has 0 saturated carbocycles. The van der Waals surface area contributed by atoms with Gasteiger partial charge in [0.1, 0.15) is 11.8 Å². The van der Waals surface area contributed by atoms with E-state index in [0.29, 0.717) is 36.5 Å². The second kappa shape index (κ2) is 3.91. The van der Waals surface area contributed by atoms with Gasteiger partial charge < -0.3 is 15.6 Å². The first-order chi connectivity index (χ1) is 7.33. The first-order valence-electron chi connectivity index (χ1n) is 4.41. The molecule has 15 heavy (non-hydrogen) atoms. The molecule has 2 rings (SSSR count). The van der Waals surface area contributed by atoms with Crippen molar-refractivity contribution >= 4 is 23.4 Å². The number of rotatable bonds is 4. The number of nitrogens with two attached hydrogens (primary N) is 1. The van der Waals surface area contributed by atoms with Gasteiger partial charge in [0.2, 0.25) is 6.41 Å². The number of nitrogen functional groups attached to an aromatic ring is 1. The lowest BCUT2D eigenvalue weighted by Crippen LogP contribution is -2.17. The van der Waals surface area contributed by atoms with E-state index in [1.54, 1.807) is 6.33 Å². The first-order valence-corrected chi connectivity index (χ1v) is 4.41. The molecule has 3 N–H and O–H groups in total. The quantitative estimate of drug-likeness (QED) is 0.501. The Balaban J connectivity index is 2.28. The van der Waals surface area contributed by atoms with Crippen LogP contribution in [-0.4, -0.2) is 32.5 Å². The summed E-state index contributed by atoms with van der Waals surface area (Å²) in [5.41, 5.74) is 6.89. The molecule has 0 unspecified atom stereocenters. The van der Waals surface area contributed by atoms with Crippen LogP contribution in [0.25, 0.3) is 11.2 Å². The van der Waals surface area contributed by atoms with Gasteiger partial charge in [0, 0.05) is 13.1 Å². The summed E-state index contributed by atoms with van der Waals surface area (Å²) in [7, 11) is 0. The molecule has 2 aromatic heterocycles. The van der Waals surface area contributed by atoms with Crippen LogP contribution >= 0.6 is 0 Å². The topological polar surface area (TPSA) is 98.7 Å². The molecule has 0 saturated heterocycles. The average Bonchev–Trinajstić information content (AvgIpc) is 2.64. The number of hydrogen-bond donors (Lipinski definition) is 2. The normalized spacial score (nSPS) is 10.4. The Bertz CT molecular complexity index is 479. The molecule has 0 aromatic carbocycles. The lowest BCUT2D eigenvalue weighted by molar-refractivity contribution is -0.109. The standard InChI is InChI=1S/C8H10N6O/c9-7-6-8(12-3-11-7)14(4-13-6)2-1-10-5-15/h3-5H,1-2H2,(H,10,15)(H2,9,11,12). The Morgan fingerprint density at radius 3 is 3.13 bits per heavy atom. The third-order valence-corrected chi connectivity index (χ3v) is 2.01. The lowest BCUT2D eigenvalue weighted by Gasteiger charge is -2.01. The van der Waals surface area contributed by atoms with Crippen molar-refractivity contribution in [3.63, 3.8) is 0 Å². The zero-order valence-electron chi connectivity index (χ0n) is 7.92. The molecule has 0 radical (unpaired) electrons. The van der Waals surface area contributed by atoms with E-state index in [9.17, 15) is 4.79 Å². The maximum absolute atomic E-state index is 10.1. The SMILES string of the molecule is Nc1ncnc2c1ncn2CCNC=O. The van der Waals surface area contributed by atoms with Crippen LogP contribution in [0.4, 0.5) is 5.82 Å². The molecule has 0 aliphatic rings. The largest absolute Gasteiger partial charge is 0.382 e. The molecule has 0 spiro atoms. The van der Waals surface area contributed by atoms with Gasteiger partial charge in [-0.25, -0.2) is 15.0 Å². The van der Waals surface area contributed by atoms with Gasteiger partial charge in [0.15, 0.2) is 11.5 Å². The third-order valence-electron chi connectivity index (χ3n) is 2.01. The minimum Gasteiger partial charge on any atom is -0.382 e. The highest BCUT2D eigenvalue weighted by molar-refractivity contribution is 5.81. The minimum absolute atomic E-state index is 0.363. The summed E-state index contributed by atoms with van der Waals surface area (Å²) < 4.78 is 1.81. The van der Waals surface area contributed by atoms with Gasteiger partial charge in [0.05, 0.1) is 6.33 Å². The fourth-order valence-electron chi connectivity index (χ4n) is 1.31. The van der Waals surface area contributed by atoms with E-state index in [4.69, 9.17) is 5.73 Å². The van der Waals surface area contributed by atoms with E-state index < -0.39 is 0 Å². The Morgan fingerprint density at radius 2 is 2.33 bits per heavy atom. The molecular weight excluding hydrogens is 196 g/mol. The van der Waals surface area contributed by atoms with E-state index >= 15 is 0 Å². The monoisotopic (exact) mass is 206 g/mol. The molecule has 2 aromatic rings. The average molecular weight is 206 g/mol. The molecule has 7 heteroatoms. The Morgan fingerprint density at radius 1 is 1.47 bits per heavy atom. The molecule has 1 amide bonds. The lowest BCUT2D eigenvalue weighted by atomic mass is 10.5. The third kappa shape index (κ3) is 1.71. The number of fused-ring (bicyclic) bond motifs is 1. The summed E-state index contributed by atoms with van der Waals surface area (Å²) in [4.78, 5) is 22.1. The molecule has 0 bridgehead atoms. The van der Waals surface area contributed by atoms with Crippen molar-refractivity contribution in [3.8, 4) is 0 Å². The second-order valence-corrected chi connectivity index (χ2v) is 2.94. The van der Waals surface area contributed by atoms with E-state index in [-0.39, 0.29) is 0 Å². The van der Waals surface area contributed by atoms with E-state index in [1.165, 1.54) is 6.33 Å². The Kier molecular flexibility index (Phi) is 2.44. The van der Waals surface area contributed by atoms with Gasteiger partial charge in [-0.2, -0.15) is 0 Å². The molecule has 0 aliphatic heterocycles. The van der Waals surface area contributed by atoms with Crippen molar-refractivity contribution in [2.24, 2.45) is 0 Å². The van der Waals surface area contributed by atoms with Gasteiger partial charge in [-0.15, -0.1) is 0 Å². The van der Waals surface area contributed by atoms with E-state index in [2.05, 4.69) is 20.3 Å². The molecule has 2 heterocycles. The summed E-state index contributed by atoms with van der Waals surface area (Å²) in [6, 6.07) is 0. The molecular formula is C8H10N6O. The number of imidazole rings is 1. The smallest absolute Gasteiger partial charge is 0.207 e. The van der Waals surface area contributed by atoms with Crippen molar-refractivity contribution in [2.45, 2.75) is 6.54 Å². The van der Waals surface area contributed by atoms with Crippen molar-refractivity contribution in [1.82, 2.24) is 24.8 Å². The van der Waals surface area contributed by atoms with Crippen LogP contribution in [0.2, 0.25) is 0 Å². The number of hydrogen-bond acceptors (Lipinski definition) is 5. The molecule has 0 fully saturated rings. The van der Waals surface area contributed by atoms with Crippen molar-refractivity contribution in [3.05, 3.63) is 12.7 Å². The van der Waals surface area contributed by atoms with Crippen LogP contribution in [0, 0.1) is 0 Å². The number of nitrogens with zero attached hydrogens (tertiary/aromatic N) is 4. The highest BCUT2D eigenvalue weighted by Gasteiger charge is 2.06. The van der Waals surface area contributed by atoms with E-state index in [0.717, 1.165) is 0 Å². The van der Waals surface area contributed by atoms with Crippen LogP contribution < -0.4 is 11.1 Å². The number of nitrogens with one attached hydrogen (secondary N) is 1. The van der Waals surface area contributed by atoms with Crippen molar-refractivity contribution < 1.29 is 4.79 Å². The van der Waals surface area contributed by atoms with Gasteiger partial charge in [0.25, 0.3) is 0 Å². The number of aromatic nitrogens is 4. The number of anilines is 1. The zero-order chi connectivity index (χ0) is 10.7. The van der Waals surface area contributed by atoms with Crippen LogP contribution in [0.15, 0.2) is 12.7 Å².